The van der Waals surface area contributed by atoms with E-state index in [0.29, 0.717) is 71.1 Å². The van der Waals surface area contributed by atoms with E-state index in [9.17, 15) is 54.3 Å². The van der Waals surface area contributed by atoms with Gasteiger partial charge in [-0.1, -0.05) is 41.5 Å². The van der Waals surface area contributed by atoms with Crippen LogP contribution in [0.25, 0.3) is 0 Å². The van der Waals surface area contributed by atoms with Crippen molar-refractivity contribution in [3.8, 4) is 0 Å². The molecule has 13 N–H and O–H groups in total. The third-order valence-corrected chi connectivity index (χ3v) is 11.4. The van der Waals surface area contributed by atoms with Gasteiger partial charge in [0, 0.05) is 25.7 Å². The number of carbonyl (C=O) groups excluding carboxylic acids is 6. The lowest BCUT2D eigenvalue weighted by Crippen LogP contribution is -2.59. The normalized spacial score (nSPS) is 15.6. The predicted molar refractivity (Wildman–Crippen MR) is 267 cm³/mol. The fourth-order valence-electron chi connectivity index (χ4n) is 7.29. The van der Waals surface area contributed by atoms with E-state index in [0.717, 1.165) is 6.29 Å². The van der Waals surface area contributed by atoms with Crippen LogP contribution in [0.2, 0.25) is 0 Å². The number of unbranched alkanes of at least 4 members (excludes halogenated alkanes) is 1. The highest BCUT2D eigenvalue weighted by molar-refractivity contribution is 5.95. The fourth-order valence-corrected chi connectivity index (χ4v) is 7.29. The van der Waals surface area contributed by atoms with E-state index in [2.05, 4.69) is 26.3 Å². The summed E-state index contributed by atoms with van der Waals surface area (Å²) in [6.45, 7) is 13.0. The molecule has 5 amide bonds. The molecule has 1 rings (SSSR count). The number of nitrogens with two attached hydrogens (primary N) is 2. The second kappa shape index (κ2) is 38.3. The highest BCUT2D eigenvalue weighted by Gasteiger charge is 2.34. The number of imidazole rings is 1. The van der Waals surface area contributed by atoms with Gasteiger partial charge in [-0.2, -0.15) is 0 Å². The van der Waals surface area contributed by atoms with Gasteiger partial charge in [-0.05, 0) is 63.5 Å². The van der Waals surface area contributed by atoms with Gasteiger partial charge in [0.25, 0.3) is 0 Å². The molecule has 0 fully saturated rings. The molecule has 0 saturated heterocycles. The van der Waals surface area contributed by atoms with Crippen molar-refractivity contribution in [2.75, 3.05) is 86.2 Å². The highest BCUT2D eigenvalue weighted by atomic mass is 16.6. The van der Waals surface area contributed by atoms with Crippen LogP contribution < -0.4 is 32.7 Å². The molecule has 0 aliphatic rings. The van der Waals surface area contributed by atoms with Crippen LogP contribution in [0, 0.1) is 17.8 Å². The Bertz CT molecular complexity index is 1710. The van der Waals surface area contributed by atoms with Crippen LogP contribution in [-0.4, -0.2) is 217 Å². The van der Waals surface area contributed by atoms with E-state index in [1.54, 1.807) is 29.0 Å². The minimum Gasteiger partial charge on any atom is -0.394 e. The molecule has 0 bridgehead atoms. The molecule has 1 aromatic rings. The first kappa shape index (κ1) is 66.8. The maximum absolute atomic E-state index is 13.3. The molecular formula is C48H89N9O16. The Hall–Kier alpha value is -4.25. The number of amides is 5. The Morgan fingerprint density at radius 1 is 0.712 bits per heavy atom. The molecule has 9 unspecified atom stereocenters. The molecule has 73 heavy (non-hydrogen) atoms. The van der Waals surface area contributed by atoms with Gasteiger partial charge in [0.2, 0.25) is 29.5 Å². The van der Waals surface area contributed by atoms with E-state index in [1.807, 2.05) is 41.5 Å². The van der Waals surface area contributed by atoms with Gasteiger partial charge in [-0.15, -0.1) is 0 Å². The predicted octanol–water partition coefficient (Wildman–Crippen LogP) is -2.91. The lowest BCUT2D eigenvalue weighted by Gasteiger charge is -2.32. The molecule has 422 valence electrons. The van der Waals surface area contributed by atoms with Crippen molar-refractivity contribution in [1.82, 2.24) is 35.7 Å². The number of likely N-dealkylation sites (N-methyl/N-ethyl adjacent to an activating group) is 1. The lowest BCUT2D eigenvalue weighted by molar-refractivity contribution is -0.135. The number of ether oxygens (including phenoxy) is 5. The van der Waals surface area contributed by atoms with E-state index >= 15 is 0 Å². The first-order chi connectivity index (χ1) is 34.6. The van der Waals surface area contributed by atoms with Gasteiger partial charge < -0.3 is 91.3 Å². The Kier molecular flexibility index (Phi) is 35.1. The van der Waals surface area contributed by atoms with Crippen molar-refractivity contribution in [3.63, 3.8) is 0 Å². The maximum atomic E-state index is 13.3. The molecule has 0 aromatic carbocycles. The smallest absolute Gasteiger partial charge is 0.245 e. The molecule has 25 nitrogen and oxygen atoms in total. The summed E-state index contributed by atoms with van der Waals surface area (Å²) in [6, 6.07) is -5.02. The number of hydrogen-bond donors (Lipinski definition) is 11. The number of nitrogens with one attached hydrogen (secondary N) is 4. The molecule has 0 aliphatic carbocycles. The third kappa shape index (κ3) is 28.9. The zero-order chi connectivity index (χ0) is 54.9. The molecular weight excluding hydrogens is 959 g/mol. The first-order valence-corrected chi connectivity index (χ1v) is 25.2. The molecule has 1 heterocycles. The molecule has 0 spiro atoms. The van der Waals surface area contributed by atoms with Crippen LogP contribution in [0.1, 0.15) is 85.8 Å². The van der Waals surface area contributed by atoms with Crippen LogP contribution in [0.3, 0.4) is 0 Å². The standard InChI is InChI=1S/C48H89N9O16/c1-31(2)22-36(45(50)65)54-46(66)35(10-8-9-12-49)53-48(68)38(26-58)55-47(67)37(23-32(3)4)52-42(62)11-14-69-16-18-71-20-21-72-19-17-70-15-13-57-24-34(51-30-57)28-73-29-41(61)44(64)43(63)40(60)25-56(7)39(27-59)33(5)6/h24,27,30-33,35-41,43-44,58,60-61,63-64H,8-23,25-26,28-29,49H2,1-7H3,(H2,50,65)(H,52,62)(H,53,68)(H,54,66)(H,55,67). The van der Waals surface area contributed by atoms with Gasteiger partial charge >= 0.3 is 0 Å². The number of aliphatic hydroxyl groups is 5. The summed E-state index contributed by atoms with van der Waals surface area (Å²) in [5.41, 5.74) is 11.7. The average molecular weight is 1050 g/mol. The summed E-state index contributed by atoms with van der Waals surface area (Å²) < 4.78 is 29.4. The summed E-state index contributed by atoms with van der Waals surface area (Å²) in [6.07, 6.45) is -0.469. The number of aromatic nitrogens is 2. The number of aldehydes is 1. The largest absolute Gasteiger partial charge is 0.394 e. The first-order valence-electron chi connectivity index (χ1n) is 25.2. The third-order valence-electron chi connectivity index (χ3n) is 11.4. The van der Waals surface area contributed by atoms with Gasteiger partial charge in [0.05, 0.1) is 96.8 Å². The number of hydrogen-bond acceptors (Lipinski definition) is 19. The van der Waals surface area contributed by atoms with Gasteiger partial charge in [-0.3, -0.25) is 28.9 Å². The van der Waals surface area contributed by atoms with E-state index in [-0.39, 0.29) is 76.6 Å². The van der Waals surface area contributed by atoms with Crippen molar-refractivity contribution < 1.29 is 78.0 Å². The second-order valence-electron chi connectivity index (χ2n) is 19.2. The maximum Gasteiger partial charge on any atom is 0.245 e. The van der Waals surface area contributed by atoms with Gasteiger partial charge in [-0.25, -0.2) is 4.98 Å². The number of aliphatic hydroxyl groups excluding tert-OH is 5. The summed E-state index contributed by atoms with van der Waals surface area (Å²) >= 11 is 0. The molecule has 0 aliphatic heterocycles. The van der Waals surface area contributed by atoms with Gasteiger partial charge in [0.15, 0.2) is 0 Å². The van der Waals surface area contributed by atoms with Gasteiger partial charge in [0.1, 0.15) is 48.8 Å². The van der Waals surface area contributed by atoms with Crippen molar-refractivity contribution in [3.05, 3.63) is 18.2 Å². The summed E-state index contributed by atoms with van der Waals surface area (Å²) in [7, 11) is 1.62. The van der Waals surface area contributed by atoms with Crippen molar-refractivity contribution in [1.29, 1.82) is 0 Å². The number of rotatable bonds is 44. The number of carbonyl (C=O) groups is 6. The monoisotopic (exact) mass is 1050 g/mol. The average Bonchev–Trinajstić information content (AvgIpc) is 3.78. The molecule has 0 radical (unpaired) electrons. The zero-order valence-corrected chi connectivity index (χ0v) is 44.0. The molecule has 9 atom stereocenters. The van der Waals surface area contributed by atoms with Crippen molar-refractivity contribution >= 4 is 35.8 Å². The Morgan fingerprint density at radius 2 is 1.23 bits per heavy atom. The SMILES string of the molecule is CC(C)CC(NC(=O)C(CCCCN)NC(=O)C(CO)NC(=O)C(CC(C)C)NC(=O)CCOCCOCCOCCOCCn1cnc(COCC(O)C(O)C(O)C(O)CN(C)C(C=O)C(C)C)c1)C(N)=O. The minimum atomic E-state index is -1.68. The van der Waals surface area contributed by atoms with Crippen molar-refractivity contribution in [2.24, 2.45) is 29.2 Å². The van der Waals surface area contributed by atoms with Crippen LogP contribution >= 0.6 is 0 Å². The van der Waals surface area contributed by atoms with Crippen LogP contribution in [-0.2, 0) is 65.6 Å². The summed E-state index contributed by atoms with van der Waals surface area (Å²) in [4.78, 5) is 81.8. The summed E-state index contributed by atoms with van der Waals surface area (Å²) in [5.74, 6) is -3.36. The highest BCUT2D eigenvalue weighted by Crippen LogP contribution is 2.13. The molecule has 0 saturated carbocycles. The minimum absolute atomic E-state index is 0.0197. The quantitative estimate of drug-likeness (QED) is 0.0231. The molecule has 1 aromatic heterocycles. The number of primary amides is 1. The Balaban J connectivity index is 2.34. The zero-order valence-electron chi connectivity index (χ0n) is 44.0. The Morgan fingerprint density at radius 3 is 1.78 bits per heavy atom. The fraction of sp³-hybridized carbons (Fsp3) is 0.812. The van der Waals surface area contributed by atoms with Crippen LogP contribution in [0.15, 0.2) is 12.5 Å². The Labute approximate surface area is 430 Å². The van der Waals surface area contributed by atoms with Crippen LogP contribution in [0.5, 0.6) is 0 Å². The van der Waals surface area contributed by atoms with E-state index < -0.39 is 90.8 Å². The van der Waals surface area contributed by atoms with Crippen LogP contribution in [0.4, 0.5) is 0 Å². The van der Waals surface area contributed by atoms with E-state index in [1.165, 1.54) is 0 Å². The summed E-state index contributed by atoms with van der Waals surface area (Å²) in [5, 5.41) is 61.8. The van der Waals surface area contributed by atoms with Crippen molar-refractivity contribution in [2.45, 2.75) is 148 Å². The van der Waals surface area contributed by atoms with E-state index in [4.69, 9.17) is 35.2 Å². The number of nitrogens with zero attached hydrogens (tertiary/aromatic N) is 3. The molecule has 25 heteroatoms. The lowest BCUT2D eigenvalue weighted by atomic mass is 10.0. The topological polar surface area (TPSA) is 371 Å². The second-order valence-corrected chi connectivity index (χ2v) is 19.2.